The molecule has 0 aliphatic rings. The number of hydrogen-bond acceptors (Lipinski definition) is 8. The first-order chi connectivity index (χ1) is 10.1. The van der Waals surface area contributed by atoms with Gasteiger partial charge in [0.15, 0.2) is 0 Å². The van der Waals surface area contributed by atoms with Crippen LogP contribution in [0.5, 0.6) is 6.01 Å². The van der Waals surface area contributed by atoms with E-state index in [1.165, 1.54) is 9.75 Å². The lowest BCUT2D eigenvalue weighted by atomic mass is 10.2. The van der Waals surface area contributed by atoms with Gasteiger partial charge in [-0.3, -0.25) is 5.43 Å². The molecule has 2 aromatic heterocycles. The summed E-state index contributed by atoms with van der Waals surface area (Å²) in [6.07, 6.45) is 0.902. The third-order valence-electron chi connectivity index (χ3n) is 2.70. The number of hydrazine groups is 1. The zero-order valence-corrected chi connectivity index (χ0v) is 13.2. The fraction of sp³-hybridized carbons (Fsp3) is 0.462. The van der Waals surface area contributed by atoms with Gasteiger partial charge >= 0.3 is 6.01 Å². The maximum absolute atomic E-state index is 5.36. The van der Waals surface area contributed by atoms with Gasteiger partial charge in [-0.05, 0) is 32.9 Å². The summed E-state index contributed by atoms with van der Waals surface area (Å²) in [5.41, 5.74) is 2.41. The van der Waals surface area contributed by atoms with Gasteiger partial charge in [0.05, 0.1) is 6.61 Å². The van der Waals surface area contributed by atoms with Crippen LogP contribution in [0.3, 0.4) is 0 Å². The Morgan fingerprint density at radius 1 is 1.29 bits per heavy atom. The van der Waals surface area contributed by atoms with E-state index in [9.17, 15) is 0 Å². The topological polar surface area (TPSA) is 98.0 Å². The first-order valence-corrected chi connectivity index (χ1v) is 7.59. The quantitative estimate of drug-likeness (QED) is 0.531. The van der Waals surface area contributed by atoms with Crippen molar-refractivity contribution in [3.05, 3.63) is 21.9 Å². The number of aromatic nitrogens is 3. The molecular formula is C13H20N6OS. The van der Waals surface area contributed by atoms with Crippen molar-refractivity contribution in [1.82, 2.24) is 15.0 Å². The number of hydrogen-bond donors (Lipinski definition) is 3. The predicted molar refractivity (Wildman–Crippen MR) is 84.7 cm³/mol. The third kappa shape index (κ3) is 4.54. The molecule has 1 atom stereocenters. The van der Waals surface area contributed by atoms with Crippen LogP contribution in [0.4, 0.5) is 11.9 Å². The van der Waals surface area contributed by atoms with Crippen LogP contribution in [0.1, 0.15) is 23.6 Å². The second kappa shape index (κ2) is 7.19. The molecule has 2 heterocycles. The van der Waals surface area contributed by atoms with Crippen LogP contribution in [-0.4, -0.2) is 27.6 Å². The van der Waals surface area contributed by atoms with Gasteiger partial charge in [0.1, 0.15) is 0 Å². The van der Waals surface area contributed by atoms with Crippen LogP contribution in [0.2, 0.25) is 0 Å². The first kappa shape index (κ1) is 15.5. The number of anilines is 2. The van der Waals surface area contributed by atoms with Gasteiger partial charge in [-0.25, -0.2) is 5.84 Å². The number of nitrogens with two attached hydrogens (primary N) is 1. The van der Waals surface area contributed by atoms with E-state index in [1.54, 1.807) is 11.3 Å². The Bertz CT molecular complexity index is 588. The molecule has 0 spiro atoms. The van der Waals surface area contributed by atoms with Gasteiger partial charge < -0.3 is 10.1 Å². The summed E-state index contributed by atoms with van der Waals surface area (Å²) >= 11 is 1.80. The fourth-order valence-corrected chi connectivity index (χ4v) is 2.87. The predicted octanol–water partition coefficient (Wildman–Crippen LogP) is 1.97. The number of aryl methyl sites for hydroxylation is 1. The minimum Gasteiger partial charge on any atom is -0.464 e. The highest BCUT2D eigenvalue weighted by molar-refractivity contribution is 7.11. The van der Waals surface area contributed by atoms with Gasteiger partial charge in [-0.15, -0.1) is 11.3 Å². The van der Waals surface area contributed by atoms with E-state index in [2.05, 4.69) is 51.7 Å². The molecule has 8 heteroatoms. The molecular weight excluding hydrogens is 288 g/mol. The van der Waals surface area contributed by atoms with Crippen molar-refractivity contribution >= 4 is 23.2 Å². The molecule has 7 nitrogen and oxygen atoms in total. The summed E-state index contributed by atoms with van der Waals surface area (Å²) in [7, 11) is 0. The standard InChI is InChI=1S/C13H20N6OS/c1-4-20-13-17-11(16-12(18-13)19-14)15-8(2)7-10-6-5-9(3)21-10/h5-6,8H,4,7,14H2,1-3H3,(H2,15,16,17,18,19). The van der Waals surface area contributed by atoms with Crippen molar-refractivity contribution in [1.29, 1.82) is 0 Å². The average molecular weight is 308 g/mol. The zero-order valence-electron chi connectivity index (χ0n) is 12.4. The summed E-state index contributed by atoms with van der Waals surface area (Å²) in [6, 6.07) is 4.70. The van der Waals surface area contributed by atoms with E-state index in [4.69, 9.17) is 10.6 Å². The molecule has 21 heavy (non-hydrogen) atoms. The zero-order chi connectivity index (χ0) is 15.2. The smallest absolute Gasteiger partial charge is 0.323 e. The van der Waals surface area contributed by atoms with E-state index in [0.29, 0.717) is 12.6 Å². The lowest BCUT2D eigenvalue weighted by molar-refractivity contribution is 0.312. The molecule has 2 aromatic rings. The maximum Gasteiger partial charge on any atom is 0.323 e. The van der Waals surface area contributed by atoms with Gasteiger partial charge in [0.25, 0.3) is 0 Å². The molecule has 0 aliphatic heterocycles. The number of nitrogen functional groups attached to an aromatic ring is 1. The molecule has 0 aromatic carbocycles. The van der Waals surface area contributed by atoms with Crippen LogP contribution < -0.4 is 21.3 Å². The Hall–Kier alpha value is -1.93. The molecule has 2 rings (SSSR count). The Morgan fingerprint density at radius 2 is 2.05 bits per heavy atom. The fourth-order valence-electron chi connectivity index (χ4n) is 1.85. The second-order valence-corrected chi connectivity index (χ2v) is 5.98. The SMILES string of the molecule is CCOc1nc(NN)nc(NC(C)Cc2ccc(C)s2)n1. The second-order valence-electron chi connectivity index (χ2n) is 4.60. The largest absolute Gasteiger partial charge is 0.464 e. The molecule has 0 saturated carbocycles. The Kier molecular flexibility index (Phi) is 5.29. The lowest BCUT2D eigenvalue weighted by Gasteiger charge is -2.14. The molecule has 0 bridgehead atoms. The lowest BCUT2D eigenvalue weighted by Crippen LogP contribution is -2.21. The molecule has 1 unspecified atom stereocenters. The normalized spacial score (nSPS) is 12.0. The van der Waals surface area contributed by atoms with Crippen LogP contribution in [0.25, 0.3) is 0 Å². The molecule has 4 N–H and O–H groups in total. The molecule has 0 fully saturated rings. The summed E-state index contributed by atoms with van der Waals surface area (Å²) in [5.74, 6) is 6.08. The van der Waals surface area contributed by atoms with Crippen molar-refractivity contribution in [2.24, 2.45) is 5.84 Å². The van der Waals surface area contributed by atoms with E-state index < -0.39 is 0 Å². The number of thiophene rings is 1. The van der Waals surface area contributed by atoms with Crippen LogP contribution >= 0.6 is 11.3 Å². The highest BCUT2D eigenvalue weighted by Gasteiger charge is 2.10. The third-order valence-corrected chi connectivity index (χ3v) is 3.72. The Labute approximate surface area is 128 Å². The molecule has 114 valence electrons. The van der Waals surface area contributed by atoms with Gasteiger partial charge in [-0.2, -0.15) is 15.0 Å². The van der Waals surface area contributed by atoms with Crippen LogP contribution in [0.15, 0.2) is 12.1 Å². The Balaban J connectivity index is 2.05. The minimum absolute atomic E-state index is 0.186. The number of nitrogens with one attached hydrogen (secondary N) is 2. The van der Waals surface area contributed by atoms with Crippen molar-refractivity contribution in [2.75, 3.05) is 17.3 Å². The minimum atomic E-state index is 0.186. The molecule has 0 amide bonds. The van der Waals surface area contributed by atoms with E-state index in [-0.39, 0.29) is 18.0 Å². The maximum atomic E-state index is 5.36. The summed E-state index contributed by atoms with van der Waals surface area (Å²) < 4.78 is 5.30. The first-order valence-electron chi connectivity index (χ1n) is 6.78. The Morgan fingerprint density at radius 3 is 2.67 bits per heavy atom. The van der Waals surface area contributed by atoms with Crippen LogP contribution in [0, 0.1) is 6.92 Å². The van der Waals surface area contributed by atoms with Gasteiger partial charge in [0.2, 0.25) is 11.9 Å². The summed E-state index contributed by atoms with van der Waals surface area (Å²) in [4.78, 5) is 15.0. The highest BCUT2D eigenvalue weighted by atomic mass is 32.1. The number of rotatable bonds is 7. The highest BCUT2D eigenvalue weighted by Crippen LogP contribution is 2.18. The molecule has 0 aliphatic carbocycles. The van der Waals surface area contributed by atoms with E-state index in [0.717, 1.165) is 6.42 Å². The molecule has 0 radical (unpaired) electrons. The van der Waals surface area contributed by atoms with Crippen molar-refractivity contribution < 1.29 is 4.74 Å². The number of ether oxygens (including phenoxy) is 1. The average Bonchev–Trinajstić information content (AvgIpc) is 2.83. The van der Waals surface area contributed by atoms with Gasteiger partial charge in [-0.1, -0.05) is 0 Å². The van der Waals surface area contributed by atoms with Crippen molar-refractivity contribution in [3.63, 3.8) is 0 Å². The summed E-state index contributed by atoms with van der Waals surface area (Å²) in [5, 5.41) is 3.24. The van der Waals surface area contributed by atoms with E-state index >= 15 is 0 Å². The van der Waals surface area contributed by atoms with E-state index in [1.807, 2.05) is 6.92 Å². The number of nitrogens with zero attached hydrogens (tertiary/aromatic N) is 3. The van der Waals surface area contributed by atoms with Crippen LogP contribution in [-0.2, 0) is 6.42 Å². The van der Waals surface area contributed by atoms with Crippen molar-refractivity contribution in [3.8, 4) is 6.01 Å². The van der Waals surface area contributed by atoms with Gasteiger partial charge in [0, 0.05) is 22.2 Å². The molecule has 0 saturated heterocycles. The van der Waals surface area contributed by atoms with Crippen molar-refractivity contribution in [2.45, 2.75) is 33.2 Å². The summed E-state index contributed by atoms with van der Waals surface area (Å²) in [6.45, 7) is 6.53. The monoisotopic (exact) mass is 308 g/mol.